The first-order chi connectivity index (χ1) is 10.9. The van der Waals surface area contributed by atoms with Crippen molar-refractivity contribution in [3.05, 3.63) is 18.0 Å². The predicted molar refractivity (Wildman–Crippen MR) is 86.3 cm³/mol. The molecule has 2 N–H and O–H groups in total. The maximum absolute atomic E-state index is 12.5. The summed E-state index contributed by atoms with van der Waals surface area (Å²) in [6.07, 6.45) is 8.52. The first-order valence-corrected chi connectivity index (χ1v) is 9.99. The molecule has 7 nitrogen and oxygen atoms in total. The molecule has 1 atom stereocenters. The predicted octanol–water partition coefficient (Wildman–Crippen LogP) is 1.14. The van der Waals surface area contributed by atoms with Crippen LogP contribution in [0, 0.1) is 5.92 Å². The average Bonchev–Trinajstić information content (AvgIpc) is 3.15. The molecule has 1 unspecified atom stereocenters. The molecule has 0 bridgehead atoms. The Balaban J connectivity index is 1.61. The van der Waals surface area contributed by atoms with Gasteiger partial charge in [-0.2, -0.15) is 5.10 Å². The van der Waals surface area contributed by atoms with Crippen LogP contribution in [0.25, 0.3) is 0 Å². The van der Waals surface area contributed by atoms with Crippen molar-refractivity contribution < 1.29 is 13.2 Å². The number of sulfonamides is 1. The van der Waals surface area contributed by atoms with E-state index >= 15 is 0 Å². The number of likely N-dealkylation sites (tertiary alicyclic amines) is 1. The monoisotopic (exact) mass is 340 g/mol. The molecule has 3 rings (SSSR count). The zero-order chi connectivity index (χ0) is 16.4. The van der Waals surface area contributed by atoms with Crippen molar-refractivity contribution in [3.63, 3.8) is 0 Å². The lowest BCUT2D eigenvalue weighted by molar-refractivity contribution is 0.0781. The molecule has 1 aromatic rings. The number of amides is 1. The van der Waals surface area contributed by atoms with Gasteiger partial charge in [-0.1, -0.05) is 19.3 Å². The Morgan fingerprint density at radius 1 is 1.26 bits per heavy atom. The Morgan fingerprint density at radius 2 is 2.00 bits per heavy atom. The van der Waals surface area contributed by atoms with Gasteiger partial charge < -0.3 is 4.90 Å². The van der Waals surface area contributed by atoms with E-state index in [9.17, 15) is 13.2 Å². The maximum Gasteiger partial charge on any atom is 0.274 e. The summed E-state index contributed by atoms with van der Waals surface area (Å²) >= 11 is 0. The fraction of sp³-hybridized carbons (Fsp3) is 0.733. The highest BCUT2D eigenvalue weighted by Crippen LogP contribution is 2.27. The van der Waals surface area contributed by atoms with Gasteiger partial charge in [-0.25, -0.2) is 13.6 Å². The van der Waals surface area contributed by atoms with Gasteiger partial charge in [0.1, 0.15) is 5.69 Å². The molecule has 0 aromatic carbocycles. The summed E-state index contributed by atoms with van der Waals surface area (Å²) in [4.78, 5) is 14.2. The molecular formula is C15H24N4O3S. The van der Waals surface area contributed by atoms with Crippen LogP contribution in [0.4, 0.5) is 0 Å². The van der Waals surface area contributed by atoms with Gasteiger partial charge in [-0.15, -0.1) is 0 Å². The molecule has 2 fully saturated rings. The Hall–Kier alpha value is -1.41. The molecule has 1 saturated heterocycles. The number of carbonyl (C=O) groups excluding carboxylic acids is 1. The highest BCUT2D eigenvalue weighted by molar-refractivity contribution is 7.89. The summed E-state index contributed by atoms with van der Waals surface area (Å²) in [5.41, 5.74) is 0.451. The third-order valence-electron chi connectivity index (χ3n) is 4.82. The number of nitrogens with two attached hydrogens (primary N) is 1. The fourth-order valence-electron chi connectivity index (χ4n) is 3.64. The van der Waals surface area contributed by atoms with E-state index in [2.05, 4.69) is 5.10 Å². The summed E-state index contributed by atoms with van der Waals surface area (Å²) in [5.74, 6) is -0.251. The molecule has 23 heavy (non-hydrogen) atoms. The van der Waals surface area contributed by atoms with Gasteiger partial charge >= 0.3 is 0 Å². The van der Waals surface area contributed by atoms with E-state index in [1.807, 2.05) is 10.9 Å². The number of rotatable bonds is 4. The standard InChI is InChI=1S/C15H24N4O3S/c16-23(21,22)11-12-6-8-18(10-12)15(20)14-7-9-19(17-14)13-4-2-1-3-5-13/h7,9,12-13H,1-6,8,10-11H2,(H2,16,21,22). The minimum atomic E-state index is -3.49. The van der Waals surface area contributed by atoms with Crippen LogP contribution in [-0.4, -0.2) is 47.8 Å². The molecule has 1 aliphatic carbocycles. The molecule has 0 radical (unpaired) electrons. The topological polar surface area (TPSA) is 98.3 Å². The third-order valence-corrected chi connectivity index (χ3v) is 5.75. The van der Waals surface area contributed by atoms with Crippen LogP contribution in [0.5, 0.6) is 0 Å². The van der Waals surface area contributed by atoms with Crippen LogP contribution in [0.1, 0.15) is 55.1 Å². The molecule has 1 saturated carbocycles. The van der Waals surface area contributed by atoms with E-state index in [1.165, 1.54) is 19.3 Å². The van der Waals surface area contributed by atoms with Crippen LogP contribution in [0.3, 0.4) is 0 Å². The Bertz CT molecular complexity index is 664. The quantitative estimate of drug-likeness (QED) is 0.888. The van der Waals surface area contributed by atoms with Crippen molar-refractivity contribution in [1.82, 2.24) is 14.7 Å². The zero-order valence-corrected chi connectivity index (χ0v) is 14.0. The van der Waals surface area contributed by atoms with Gasteiger partial charge in [0.05, 0.1) is 11.8 Å². The molecule has 1 aromatic heterocycles. The van der Waals surface area contributed by atoms with Crippen LogP contribution >= 0.6 is 0 Å². The number of hydrogen-bond donors (Lipinski definition) is 1. The first kappa shape index (κ1) is 16.4. The Labute approximate surface area is 136 Å². The second-order valence-corrected chi connectivity index (χ2v) is 8.37. The summed E-state index contributed by atoms with van der Waals surface area (Å²) in [6, 6.07) is 2.17. The highest BCUT2D eigenvalue weighted by Gasteiger charge is 2.30. The van der Waals surface area contributed by atoms with Gasteiger partial charge in [-0.05, 0) is 31.2 Å². The van der Waals surface area contributed by atoms with Crippen LogP contribution in [0.15, 0.2) is 12.3 Å². The second kappa shape index (κ2) is 6.60. The summed E-state index contributed by atoms with van der Waals surface area (Å²) < 4.78 is 24.3. The van der Waals surface area contributed by atoms with Crippen molar-refractivity contribution in [2.75, 3.05) is 18.8 Å². The van der Waals surface area contributed by atoms with Gasteiger partial charge in [0.15, 0.2) is 0 Å². The SMILES string of the molecule is NS(=O)(=O)CC1CCN(C(=O)c2ccn(C3CCCCC3)n2)C1. The third kappa shape index (κ3) is 4.11. The van der Waals surface area contributed by atoms with E-state index in [4.69, 9.17) is 5.14 Å². The highest BCUT2D eigenvalue weighted by atomic mass is 32.2. The van der Waals surface area contributed by atoms with Crippen LogP contribution in [-0.2, 0) is 10.0 Å². The lowest BCUT2D eigenvalue weighted by Gasteiger charge is -2.22. The second-order valence-electron chi connectivity index (χ2n) is 6.71. The van der Waals surface area contributed by atoms with Crippen molar-refractivity contribution in [3.8, 4) is 0 Å². The molecule has 2 heterocycles. The van der Waals surface area contributed by atoms with E-state index < -0.39 is 10.0 Å². The first-order valence-electron chi connectivity index (χ1n) is 8.27. The molecule has 0 spiro atoms. The summed E-state index contributed by atoms with van der Waals surface area (Å²) in [6.45, 7) is 1.00. The van der Waals surface area contributed by atoms with Crippen molar-refractivity contribution in [2.45, 2.75) is 44.6 Å². The minimum absolute atomic E-state index is 0.0622. The van der Waals surface area contributed by atoms with Gasteiger partial charge in [0.2, 0.25) is 10.0 Å². The van der Waals surface area contributed by atoms with Crippen LogP contribution < -0.4 is 5.14 Å². The number of hydrogen-bond acceptors (Lipinski definition) is 4. The van der Waals surface area contributed by atoms with Crippen molar-refractivity contribution in [1.29, 1.82) is 0 Å². The maximum atomic E-state index is 12.5. The fourth-order valence-corrected chi connectivity index (χ4v) is 4.57. The molecule has 1 amide bonds. The zero-order valence-electron chi connectivity index (χ0n) is 13.2. The number of primary sulfonamides is 1. The number of nitrogens with zero attached hydrogens (tertiary/aromatic N) is 3. The van der Waals surface area contributed by atoms with Crippen molar-refractivity contribution >= 4 is 15.9 Å². The van der Waals surface area contributed by atoms with E-state index in [0.717, 1.165) is 12.8 Å². The molecule has 2 aliphatic rings. The number of carbonyl (C=O) groups is 1. The number of aromatic nitrogens is 2. The largest absolute Gasteiger partial charge is 0.337 e. The Kier molecular flexibility index (Phi) is 4.72. The average molecular weight is 340 g/mol. The minimum Gasteiger partial charge on any atom is -0.337 e. The summed E-state index contributed by atoms with van der Waals surface area (Å²) in [5, 5.41) is 9.55. The van der Waals surface area contributed by atoms with E-state index in [1.54, 1.807) is 11.0 Å². The molecule has 1 aliphatic heterocycles. The van der Waals surface area contributed by atoms with Gasteiger partial charge in [-0.3, -0.25) is 9.48 Å². The lowest BCUT2D eigenvalue weighted by Crippen LogP contribution is -2.31. The van der Waals surface area contributed by atoms with E-state index in [-0.39, 0.29) is 17.6 Å². The summed E-state index contributed by atoms with van der Waals surface area (Å²) in [7, 11) is -3.49. The molecule has 8 heteroatoms. The van der Waals surface area contributed by atoms with Gasteiger partial charge in [0.25, 0.3) is 5.91 Å². The normalized spacial score (nSPS) is 23.3. The molecule has 128 valence electrons. The molecular weight excluding hydrogens is 316 g/mol. The van der Waals surface area contributed by atoms with E-state index in [0.29, 0.717) is 31.2 Å². The Morgan fingerprint density at radius 3 is 2.70 bits per heavy atom. The van der Waals surface area contributed by atoms with Crippen LogP contribution in [0.2, 0.25) is 0 Å². The van der Waals surface area contributed by atoms with Gasteiger partial charge in [0, 0.05) is 19.3 Å². The van der Waals surface area contributed by atoms with Crippen molar-refractivity contribution in [2.24, 2.45) is 11.1 Å². The lowest BCUT2D eigenvalue weighted by atomic mass is 9.96. The smallest absolute Gasteiger partial charge is 0.274 e.